The normalized spacial score (nSPS) is 10.2. The van der Waals surface area contributed by atoms with Crippen LogP contribution in [0.25, 0.3) is 11.4 Å². The van der Waals surface area contributed by atoms with E-state index in [1.165, 1.54) is 0 Å². The summed E-state index contributed by atoms with van der Waals surface area (Å²) in [4.78, 5) is 8.56. The van der Waals surface area contributed by atoms with E-state index in [-0.39, 0.29) is 0 Å². The van der Waals surface area contributed by atoms with E-state index in [1.807, 2.05) is 25.1 Å². The summed E-state index contributed by atoms with van der Waals surface area (Å²) in [7, 11) is 3.21. The molecule has 0 aliphatic rings. The summed E-state index contributed by atoms with van der Waals surface area (Å²) in [5.41, 5.74) is 1.55. The second-order valence-electron chi connectivity index (χ2n) is 3.72. The SMILES string of the molecule is COc1ccc(OC)c(-c2nc(C)cc(Cl)n2)c1. The van der Waals surface area contributed by atoms with Gasteiger partial charge in [0.15, 0.2) is 5.82 Å². The van der Waals surface area contributed by atoms with Crippen molar-refractivity contribution in [1.82, 2.24) is 9.97 Å². The maximum Gasteiger partial charge on any atom is 0.164 e. The number of halogens is 1. The summed E-state index contributed by atoms with van der Waals surface area (Å²) >= 11 is 5.95. The molecule has 1 aromatic heterocycles. The monoisotopic (exact) mass is 264 g/mol. The fraction of sp³-hybridized carbons (Fsp3) is 0.231. The van der Waals surface area contributed by atoms with Gasteiger partial charge < -0.3 is 9.47 Å². The van der Waals surface area contributed by atoms with Crippen LogP contribution in [0, 0.1) is 6.92 Å². The van der Waals surface area contributed by atoms with Gasteiger partial charge in [-0.1, -0.05) is 11.6 Å². The molecule has 0 unspecified atom stereocenters. The lowest BCUT2D eigenvalue weighted by Gasteiger charge is -2.10. The summed E-state index contributed by atoms with van der Waals surface area (Å²) < 4.78 is 10.5. The molecule has 0 atom stereocenters. The van der Waals surface area contributed by atoms with Crippen LogP contribution in [-0.2, 0) is 0 Å². The third-order valence-corrected chi connectivity index (χ3v) is 2.66. The molecule has 94 valence electrons. The molecule has 0 fully saturated rings. The molecule has 1 heterocycles. The zero-order valence-electron chi connectivity index (χ0n) is 10.4. The van der Waals surface area contributed by atoms with Gasteiger partial charge in [0.25, 0.3) is 0 Å². The van der Waals surface area contributed by atoms with Crippen LogP contribution in [0.2, 0.25) is 5.15 Å². The molecule has 0 radical (unpaired) electrons. The standard InChI is InChI=1S/C13H13ClN2O2/c1-8-6-12(14)16-13(15-8)10-7-9(17-2)4-5-11(10)18-3/h4-7H,1-3H3. The van der Waals surface area contributed by atoms with Gasteiger partial charge in [0.05, 0.1) is 19.8 Å². The molecule has 0 amide bonds. The van der Waals surface area contributed by atoms with Crippen LogP contribution in [0.4, 0.5) is 0 Å². The molecule has 2 rings (SSSR count). The maximum absolute atomic E-state index is 5.95. The van der Waals surface area contributed by atoms with Crippen molar-refractivity contribution in [2.45, 2.75) is 6.92 Å². The molecule has 1 aromatic carbocycles. The number of hydrogen-bond acceptors (Lipinski definition) is 4. The lowest BCUT2D eigenvalue weighted by atomic mass is 10.1. The molecule has 0 N–H and O–H groups in total. The van der Waals surface area contributed by atoms with Crippen molar-refractivity contribution in [1.29, 1.82) is 0 Å². The number of nitrogens with zero attached hydrogens (tertiary/aromatic N) is 2. The predicted molar refractivity (Wildman–Crippen MR) is 70.3 cm³/mol. The molecule has 0 bridgehead atoms. The zero-order chi connectivity index (χ0) is 13.1. The molecule has 0 aliphatic carbocycles. The number of rotatable bonds is 3. The second kappa shape index (κ2) is 5.23. The Kier molecular flexibility index (Phi) is 3.67. The third-order valence-electron chi connectivity index (χ3n) is 2.47. The Morgan fingerprint density at radius 1 is 1.06 bits per heavy atom. The molecule has 0 saturated heterocycles. The maximum atomic E-state index is 5.95. The summed E-state index contributed by atoms with van der Waals surface area (Å²) in [5, 5.41) is 0.405. The Labute approximate surface area is 111 Å². The third kappa shape index (κ3) is 2.54. The Balaban J connectivity index is 2.60. The lowest BCUT2D eigenvalue weighted by molar-refractivity contribution is 0.404. The largest absolute Gasteiger partial charge is 0.497 e. The Bertz CT molecular complexity index is 553. The van der Waals surface area contributed by atoms with Gasteiger partial charge in [-0.2, -0.15) is 0 Å². The molecular weight excluding hydrogens is 252 g/mol. The van der Waals surface area contributed by atoms with Crippen molar-refractivity contribution in [3.05, 3.63) is 35.1 Å². The summed E-state index contributed by atoms with van der Waals surface area (Å²) in [5.74, 6) is 1.92. The van der Waals surface area contributed by atoms with E-state index >= 15 is 0 Å². The first kappa shape index (κ1) is 12.6. The molecule has 5 heteroatoms. The first-order valence-corrected chi connectivity index (χ1v) is 5.75. The minimum absolute atomic E-state index is 0.405. The van der Waals surface area contributed by atoms with Crippen LogP contribution >= 0.6 is 11.6 Å². The molecule has 0 saturated carbocycles. The van der Waals surface area contributed by atoms with Crippen molar-refractivity contribution in [2.75, 3.05) is 14.2 Å². The number of benzene rings is 1. The zero-order valence-corrected chi connectivity index (χ0v) is 11.2. The van der Waals surface area contributed by atoms with Gasteiger partial charge in [-0.25, -0.2) is 9.97 Å². The highest BCUT2D eigenvalue weighted by atomic mass is 35.5. The highest BCUT2D eigenvalue weighted by molar-refractivity contribution is 6.29. The topological polar surface area (TPSA) is 44.2 Å². The predicted octanol–water partition coefficient (Wildman–Crippen LogP) is 3.12. The first-order chi connectivity index (χ1) is 8.63. The van der Waals surface area contributed by atoms with Gasteiger partial charge in [0.2, 0.25) is 0 Å². The van der Waals surface area contributed by atoms with Crippen LogP contribution in [0.5, 0.6) is 11.5 Å². The fourth-order valence-electron chi connectivity index (χ4n) is 1.64. The Morgan fingerprint density at radius 3 is 2.44 bits per heavy atom. The average Bonchev–Trinajstić information content (AvgIpc) is 2.36. The van der Waals surface area contributed by atoms with Crippen LogP contribution in [0.3, 0.4) is 0 Å². The highest BCUT2D eigenvalue weighted by Gasteiger charge is 2.11. The number of hydrogen-bond donors (Lipinski definition) is 0. The second-order valence-corrected chi connectivity index (χ2v) is 4.11. The minimum atomic E-state index is 0.405. The molecule has 4 nitrogen and oxygen atoms in total. The molecule has 2 aromatic rings. The van der Waals surface area contributed by atoms with Crippen molar-refractivity contribution in [2.24, 2.45) is 0 Å². The van der Waals surface area contributed by atoms with Crippen molar-refractivity contribution >= 4 is 11.6 Å². The average molecular weight is 265 g/mol. The Hall–Kier alpha value is -1.81. The van der Waals surface area contributed by atoms with E-state index in [9.17, 15) is 0 Å². The van der Waals surface area contributed by atoms with Crippen LogP contribution < -0.4 is 9.47 Å². The minimum Gasteiger partial charge on any atom is -0.497 e. The number of methoxy groups -OCH3 is 2. The van der Waals surface area contributed by atoms with E-state index in [0.29, 0.717) is 22.5 Å². The van der Waals surface area contributed by atoms with Gasteiger partial charge in [0, 0.05) is 5.69 Å². The molecule has 0 aliphatic heterocycles. The number of aryl methyl sites for hydroxylation is 1. The van der Waals surface area contributed by atoms with Crippen molar-refractivity contribution < 1.29 is 9.47 Å². The van der Waals surface area contributed by atoms with E-state index in [2.05, 4.69) is 9.97 Å². The van der Waals surface area contributed by atoms with Crippen LogP contribution in [-0.4, -0.2) is 24.2 Å². The molecule has 0 spiro atoms. The Morgan fingerprint density at radius 2 is 1.83 bits per heavy atom. The van der Waals surface area contributed by atoms with Gasteiger partial charge >= 0.3 is 0 Å². The van der Waals surface area contributed by atoms with E-state index < -0.39 is 0 Å². The quantitative estimate of drug-likeness (QED) is 0.799. The smallest absolute Gasteiger partial charge is 0.164 e. The van der Waals surface area contributed by atoms with E-state index in [0.717, 1.165) is 11.3 Å². The fourth-order valence-corrected chi connectivity index (χ4v) is 1.88. The van der Waals surface area contributed by atoms with E-state index in [1.54, 1.807) is 20.3 Å². The van der Waals surface area contributed by atoms with Gasteiger partial charge in [0.1, 0.15) is 16.7 Å². The van der Waals surface area contributed by atoms with Gasteiger partial charge in [-0.3, -0.25) is 0 Å². The molecule has 18 heavy (non-hydrogen) atoms. The van der Waals surface area contributed by atoms with Crippen molar-refractivity contribution in [3.63, 3.8) is 0 Å². The van der Waals surface area contributed by atoms with Gasteiger partial charge in [-0.15, -0.1) is 0 Å². The molecular formula is C13H13ClN2O2. The summed E-state index contributed by atoms with van der Waals surface area (Å²) in [6.07, 6.45) is 0. The highest BCUT2D eigenvalue weighted by Crippen LogP contribution is 2.31. The van der Waals surface area contributed by atoms with E-state index in [4.69, 9.17) is 21.1 Å². The summed E-state index contributed by atoms with van der Waals surface area (Å²) in [6.45, 7) is 1.86. The number of aromatic nitrogens is 2. The van der Waals surface area contributed by atoms with Gasteiger partial charge in [-0.05, 0) is 31.2 Å². The van der Waals surface area contributed by atoms with Crippen LogP contribution in [0.15, 0.2) is 24.3 Å². The lowest BCUT2D eigenvalue weighted by Crippen LogP contribution is -1.96. The van der Waals surface area contributed by atoms with Crippen LogP contribution in [0.1, 0.15) is 5.69 Å². The number of ether oxygens (including phenoxy) is 2. The van der Waals surface area contributed by atoms with Crippen molar-refractivity contribution in [3.8, 4) is 22.9 Å². The first-order valence-electron chi connectivity index (χ1n) is 5.37. The summed E-state index contributed by atoms with van der Waals surface area (Å²) in [6, 6.07) is 7.16.